The Labute approximate surface area is 170 Å². The van der Waals surface area contributed by atoms with Crippen LogP contribution in [0.2, 0.25) is 0 Å². The Bertz CT molecular complexity index is 944. The van der Waals surface area contributed by atoms with Crippen LogP contribution in [0.25, 0.3) is 10.8 Å². The van der Waals surface area contributed by atoms with Crippen molar-refractivity contribution in [2.75, 3.05) is 12.4 Å². The smallest absolute Gasteiger partial charge is 0.259 e. The Balaban J connectivity index is 2.06. The molecule has 0 spiro atoms. The molecule has 3 aromatic carbocycles. The molecule has 1 amide bonds. The summed E-state index contributed by atoms with van der Waals surface area (Å²) in [7, 11) is 1.56. The zero-order valence-corrected chi connectivity index (χ0v) is 17.9. The number of carbonyl (C=O) groups excluding carboxylic acids is 1. The van der Waals surface area contributed by atoms with Crippen LogP contribution in [-0.4, -0.2) is 13.0 Å². The van der Waals surface area contributed by atoms with Gasteiger partial charge >= 0.3 is 0 Å². The van der Waals surface area contributed by atoms with Crippen molar-refractivity contribution >= 4 is 76.8 Å². The van der Waals surface area contributed by atoms with Gasteiger partial charge in [0.2, 0.25) is 0 Å². The number of halogens is 3. The van der Waals surface area contributed by atoms with Crippen molar-refractivity contribution in [1.29, 1.82) is 0 Å². The lowest BCUT2D eigenvalue weighted by atomic mass is 10.1. The maximum Gasteiger partial charge on any atom is 0.259 e. The quantitative estimate of drug-likeness (QED) is 0.386. The lowest BCUT2D eigenvalue weighted by Crippen LogP contribution is -2.14. The Morgan fingerprint density at radius 2 is 1.88 bits per heavy atom. The fourth-order valence-corrected chi connectivity index (χ4v) is 4.61. The SMILES string of the molecule is COc1c(C(=O)Nc2ccc(Br)cc2I)cc2ccccc2c1Br. The number of nitrogens with one attached hydrogen (secondary N) is 1. The number of rotatable bonds is 3. The van der Waals surface area contributed by atoms with E-state index in [1.807, 2.05) is 48.5 Å². The minimum atomic E-state index is -0.210. The van der Waals surface area contributed by atoms with Gasteiger partial charge in [0.1, 0.15) is 5.75 Å². The van der Waals surface area contributed by atoms with Crippen LogP contribution in [0.1, 0.15) is 10.4 Å². The third-order valence-corrected chi connectivity index (χ3v) is 5.74. The van der Waals surface area contributed by atoms with E-state index in [-0.39, 0.29) is 5.91 Å². The average Bonchev–Trinajstić information content (AvgIpc) is 2.57. The molecular weight excluding hydrogens is 549 g/mol. The number of carbonyl (C=O) groups is 1. The number of ether oxygens (including phenoxy) is 1. The summed E-state index contributed by atoms with van der Waals surface area (Å²) in [5.74, 6) is 0.317. The van der Waals surface area contributed by atoms with Crippen molar-refractivity contribution in [3.63, 3.8) is 0 Å². The molecule has 3 aromatic rings. The molecular formula is C18H12Br2INO2. The van der Waals surface area contributed by atoms with E-state index < -0.39 is 0 Å². The zero-order chi connectivity index (χ0) is 17.3. The van der Waals surface area contributed by atoms with Crippen molar-refractivity contribution in [2.45, 2.75) is 0 Å². The number of amides is 1. The predicted molar refractivity (Wildman–Crippen MR) is 113 cm³/mol. The summed E-state index contributed by atoms with van der Waals surface area (Å²) in [5, 5.41) is 4.93. The summed E-state index contributed by atoms with van der Waals surface area (Å²) in [4.78, 5) is 12.8. The number of methoxy groups -OCH3 is 1. The van der Waals surface area contributed by atoms with Crippen molar-refractivity contribution in [1.82, 2.24) is 0 Å². The van der Waals surface area contributed by atoms with Gasteiger partial charge in [-0.05, 0) is 73.6 Å². The maximum atomic E-state index is 12.8. The summed E-state index contributed by atoms with van der Waals surface area (Å²) in [5.41, 5.74) is 1.25. The largest absolute Gasteiger partial charge is 0.495 e. The highest BCUT2D eigenvalue weighted by atomic mass is 127. The second-order valence-electron chi connectivity index (χ2n) is 5.07. The number of benzene rings is 3. The Hall–Kier alpha value is -1.12. The zero-order valence-electron chi connectivity index (χ0n) is 12.6. The van der Waals surface area contributed by atoms with E-state index >= 15 is 0 Å². The van der Waals surface area contributed by atoms with Gasteiger partial charge in [0.05, 0.1) is 22.8 Å². The third-order valence-electron chi connectivity index (χ3n) is 3.57. The molecule has 0 saturated carbocycles. The second kappa shape index (κ2) is 7.41. The maximum absolute atomic E-state index is 12.8. The first-order valence-electron chi connectivity index (χ1n) is 7.03. The molecule has 0 atom stereocenters. The Morgan fingerprint density at radius 1 is 1.12 bits per heavy atom. The van der Waals surface area contributed by atoms with Crippen molar-refractivity contribution in [3.05, 3.63) is 66.6 Å². The molecule has 0 radical (unpaired) electrons. The highest BCUT2D eigenvalue weighted by Gasteiger charge is 2.18. The topological polar surface area (TPSA) is 38.3 Å². The van der Waals surface area contributed by atoms with Crippen LogP contribution in [-0.2, 0) is 0 Å². The molecule has 0 saturated heterocycles. The van der Waals surface area contributed by atoms with E-state index in [4.69, 9.17) is 4.74 Å². The molecule has 3 rings (SSSR count). The number of anilines is 1. The summed E-state index contributed by atoms with van der Waals surface area (Å²) >= 11 is 9.17. The van der Waals surface area contributed by atoms with Gasteiger partial charge in [-0.15, -0.1) is 0 Å². The monoisotopic (exact) mass is 559 g/mol. The molecule has 122 valence electrons. The summed E-state index contributed by atoms with van der Waals surface area (Å²) in [6.45, 7) is 0. The normalized spacial score (nSPS) is 10.7. The van der Waals surface area contributed by atoms with E-state index in [9.17, 15) is 4.79 Å². The molecule has 0 aromatic heterocycles. The highest BCUT2D eigenvalue weighted by molar-refractivity contribution is 14.1. The first-order valence-corrected chi connectivity index (χ1v) is 9.69. The molecule has 24 heavy (non-hydrogen) atoms. The molecule has 3 nitrogen and oxygen atoms in total. The van der Waals surface area contributed by atoms with Crippen molar-refractivity contribution in [2.24, 2.45) is 0 Å². The fourth-order valence-electron chi connectivity index (χ4n) is 2.43. The van der Waals surface area contributed by atoms with E-state index in [1.54, 1.807) is 7.11 Å². The molecule has 0 unspecified atom stereocenters. The molecule has 0 aliphatic rings. The van der Waals surface area contributed by atoms with Crippen LogP contribution in [0.5, 0.6) is 5.75 Å². The molecule has 6 heteroatoms. The van der Waals surface area contributed by atoms with Crippen LogP contribution in [0.4, 0.5) is 5.69 Å². The lowest BCUT2D eigenvalue weighted by molar-refractivity contribution is 0.102. The molecule has 0 heterocycles. The number of fused-ring (bicyclic) bond motifs is 1. The van der Waals surface area contributed by atoms with Crippen LogP contribution in [0.15, 0.2) is 57.5 Å². The lowest BCUT2D eigenvalue weighted by Gasteiger charge is -2.14. The van der Waals surface area contributed by atoms with E-state index in [1.165, 1.54) is 0 Å². The second-order valence-corrected chi connectivity index (χ2v) is 7.94. The van der Waals surface area contributed by atoms with Gasteiger partial charge < -0.3 is 10.1 Å². The minimum Gasteiger partial charge on any atom is -0.495 e. The van der Waals surface area contributed by atoms with Crippen molar-refractivity contribution < 1.29 is 9.53 Å². The summed E-state index contributed by atoms with van der Waals surface area (Å²) < 4.78 is 8.17. The van der Waals surface area contributed by atoms with E-state index in [0.29, 0.717) is 11.3 Å². The molecule has 1 N–H and O–H groups in total. The molecule has 0 fully saturated rings. The Morgan fingerprint density at radius 3 is 2.58 bits per heavy atom. The average molecular weight is 561 g/mol. The summed E-state index contributed by atoms with van der Waals surface area (Å²) in [6.07, 6.45) is 0. The summed E-state index contributed by atoms with van der Waals surface area (Å²) in [6, 6.07) is 15.4. The Kier molecular flexibility index (Phi) is 5.46. The highest BCUT2D eigenvalue weighted by Crippen LogP contribution is 2.37. The van der Waals surface area contributed by atoms with Crippen LogP contribution in [0, 0.1) is 3.57 Å². The third kappa shape index (κ3) is 3.45. The first-order chi connectivity index (χ1) is 11.5. The van der Waals surface area contributed by atoms with Crippen LogP contribution >= 0.6 is 54.5 Å². The standard InChI is InChI=1S/C18H12Br2INO2/c1-24-17-13(8-10-4-2-3-5-12(10)16(17)20)18(23)22-15-7-6-11(19)9-14(15)21/h2-9H,1H3,(H,22,23). The molecule has 0 aliphatic heterocycles. The van der Waals surface area contributed by atoms with Gasteiger partial charge in [-0.2, -0.15) is 0 Å². The van der Waals surface area contributed by atoms with Crippen molar-refractivity contribution in [3.8, 4) is 5.75 Å². The molecule has 0 aliphatic carbocycles. The fraction of sp³-hybridized carbons (Fsp3) is 0.0556. The van der Waals surface area contributed by atoms with Gasteiger partial charge in [0, 0.05) is 8.04 Å². The van der Waals surface area contributed by atoms with E-state index in [2.05, 4.69) is 59.8 Å². The van der Waals surface area contributed by atoms with E-state index in [0.717, 1.165) is 29.0 Å². The number of hydrogen-bond donors (Lipinski definition) is 1. The molecule has 0 bridgehead atoms. The van der Waals surface area contributed by atoms with Gasteiger partial charge in [0.15, 0.2) is 0 Å². The van der Waals surface area contributed by atoms with Gasteiger partial charge in [-0.25, -0.2) is 0 Å². The van der Waals surface area contributed by atoms with Gasteiger partial charge in [0.25, 0.3) is 5.91 Å². The number of hydrogen-bond acceptors (Lipinski definition) is 2. The van der Waals surface area contributed by atoms with Crippen LogP contribution in [0.3, 0.4) is 0 Å². The first kappa shape index (κ1) is 17.7. The van der Waals surface area contributed by atoms with Gasteiger partial charge in [-0.3, -0.25) is 4.79 Å². The van der Waals surface area contributed by atoms with Gasteiger partial charge in [-0.1, -0.05) is 40.2 Å². The van der Waals surface area contributed by atoms with Crippen LogP contribution < -0.4 is 10.1 Å². The minimum absolute atomic E-state index is 0.210. The predicted octanol–water partition coefficient (Wildman–Crippen LogP) is 6.23.